The van der Waals surface area contributed by atoms with E-state index in [1.165, 1.54) is 6.42 Å². The van der Waals surface area contributed by atoms with Gasteiger partial charge in [-0.15, -0.1) is 0 Å². The summed E-state index contributed by atoms with van der Waals surface area (Å²) in [6, 6.07) is 0.215. The Morgan fingerprint density at radius 3 is 2.30 bits per heavy atom. The van der Waals surface area contributed by atoms with Crippen LogP contribution in [0, 0.1) is 0 Å². The van der Waals surface area contributed by atoms with Crippen LogP contribution in [0.2, 0.25) is 0 Å². The minimum atomic E-state index is -3.49. The number of hydrogen-bond donors (Lipinski definition) is 0. The number of morpholine rings is 2. The van der Waals surface area contributed by atoms with Crippen molar-refractivity contribution in [2.24, 2.45) is 0 Å². The number of piperazine rings is 1. The van der Waals surface area contributed by atoms with Gasteiger partial charge in [0.2, 0.25) is 5.91 Å². The van der Waals surface area contributed by atoms with E-state index in [1.54, 1.807) is 8.61 Å². The van der Waals surface area contributed by atoms with Gasteiger partial charge in [0.1, 0.15) is 0 Å². The molecule has 3 aliphatic heterocycles. The molecule has 0 spiro atoms. The molecular weight excluding hydrogens is 408 g/mol. The molecule has 9 nitrogen and oxygen atoms in total. The molecule has 4 fully saturated rings. The fourth-order valence-corrected chi connectivity index (χ4v) is 7.04. The molecule has 4 unspecified atom stereocenters. The van der Waals surface area contributed by atoms with Crippen LogP contribution in [0.15, 0.2) is 0 Å². The van der Waals surface area contributed by atoms with E-state index in [4.69, 9.17) is 9.47 Å². The summed E-state index contributed by atoms with van der Waals surface area (Å²) in [5.74, 6) is 0.155. The van der Waals surface area contributed by atoms with E-state index in [9.17, 15) is 13.2 Å². The van der Waals surface area contributed by atoms with Crippen LogP contribution in [0.1, 0.15) is 39.5 Å². The molecule has 4 rings (SSSR count). The van der Waals surface area contributed by atoms with Gasteiger partial charge in [-0.25, -0.2) is 0 Å². The van der Waals surface area contributed by atoms with Crippen LogP contribution >= 0.6 is 0 Å². The van der Waals surface area contributed by atoms with Crippen molar-refractivity contribution in [1.82, 2.24) is 18.4 Å². The Hall–Kier alpha value is -0.780. The van der Waals surface area contributed by atoms with E-state index in [0.29, 0.717) is 59.0 Å². The molecular formula is C20H36N4O5S. The Morgan fingerprint density at radius 2 is 1.60 bits per heavy atom. The molecule has 3 saturated heterocycles. The zero-order valence-electron chi connectivity index (χ0n) is 18.2. The first-order valence-electron chi connectivity index (χ1n) is 11.4. The highest BCUT2D eigenvalue weighted by Gasteiger charge is 2.39. The van der Waals surface area contributed by atoms with Crippen LogP contribution in [0.4, 0.5) is 0 Å². The van der Waals surface area contributed by atoms with Crippen molar-refractivity contribution < 1.29 is 22.7 Å². The first-order chi connectivity index (χ1) is 14.3. The van der Waals surface area contributed by atoms with Crippen LogP contribution < -0.4 is 0 Å². The number of rotatable bonds is 4. The van der Waals surface area contributed by atoms with Gasteiger partial charge in [-0.3, -0.25) is 9.69 Å². The van der Waals surface area contributed by atoms with Gasteiger partial charge in [-0.1, -0.05) is 12.8 Å². The summed E-state index contributed by atoms with van der Waals surface area (Å²) in [7, 11) is -3.49. The van der Waals surface area contributed by atoms with Gasteiger partial charge in [0.05, 0.1) is 37.5 Å². The van der Waals surface area contributed by atoms with Crippen molar-refractivity contribution in [2.75, 3.05) is 59.0 Å². The van der Waals surface area contributed by atoms with Gasteiger partial charge in [0.25, 0.3) is 10.2 Å². The molecule has 0 bridgehead atoms. The number of fused-ring (bicyclic) bond motifs is 1. The lowest BCUT2D eigenvalue weighted by Crippen LogP contribution is -2.59. The summed E-state index contributed by atoms with van der Waals surface area (Å²) in [6.07, 6.45) is 4.41. The number of carbonyl (C=O) groups is 1. The molecule has 0 aromatic heterocycles. The quantitative estimate of drug-likeness (QED) is 0.613. The second-order valence-electron chi connectivity index (χ2n) is 9.11. The minimum Gasteiger partial charge on any atom is -0.374 e. The van der Waals surface area contributed by atoms with Crippen molar-refractivity contribution in [2.45, 2.75) is 63.9 Å². The van der Waals surface area contributed by atoms with E-state index in [1.807, 2.05) is 18.7 Å². The molecule has 172 valence electrons. The fourth-order valence-electron chi connectivity index (χ4n) is 5.29. The minimum absolute atomic E-state index is 0.0976. The molecule has 4 atom stereocenters. The number of carbonyl (C=O) groups excluding carboxylic acids is 1. The second kappa shape index (κ2) is 9.38. The van der Waals surface area contributed by atoms with Crippen LogP contribution in [-0.2, 0) is 24.5 Å². The molecule has 4 aliphatic rings. The summed E-state index contributed by atoms with van der Waals surface area (Å²) >= 11 is 0. The van der Waals surface area contributed by atoms with Gasteiger partial charge in [0, 0.05) is 45.8 Å². The molecule has 30 heavy (non-hydrogen) atoms. The summed E-state index contributed by atoms with van der Waals surface area (Å²) in [5.41, 5.74) is 0. The van der Waals surface area contributed by atoms with Crippen molar-refractivity contribution >= 4 is 16.1 Å². The molecule has 10 heteroatoms. The standard InChI is InChI=1S/C20H36N4O5S/c1-16-13-23(14-17(2)29-16)30(26,27)22-9-7-21(8-10-22)15-20(25)24-11-12-28-19-6-4-3-5-18(19)24/h16-19H,3-15H2,1-2H3. The zero-order chi connectivity index (χ0) is 21.3. The summed E-state index contributed by atoms with van der Waals surface area (Å²) in [4.78, 5) is 17.1. The normalized spacial score (nSPS) is 35.2. The second-order valence-corrected chi connectivity index (χ2v) is 11.0. The monoisotopic (exact) mass is 444 g/mol. The highest BCUT2D eigenvalue weighted by Crippen LogP contribution is 2.28. The van der Waals surface area contributed by atoms with E-state index in [-0.39, 0.29) is 30.3 Å². The summed E-state index contributed by atoms with van der Waals surface area (Å²) in [6.45, 7) is 8.26. The number of amides is 1. The van der Waals surface area contributed by atoms with Crippen LogP contribution in [-0.4, -0.2) is 116 Å². The fraction of sp³-hybridized carbons (Fsp3) is 0.950. The first kappa shape index (κ1) is 22.4. The van der Waals surface area contributed by atoms with Gasteiger partial charge in [-0.2, -0.15) is 17.0 Å². The smallest absolute Gasteiger partial charge is 0.282 e. The highest BCUT2D eigenvalue weighted by molar-refractivity contribution is 7.86. The van der Waals surface area contributed by atoms with Gasteiger partial charge >= 0.3 is 0 Å². The van der Waals surface area contributed by atoms with Crippen LogP contribution in [0.3, 0.4) is 0 Å². The van der Waals surface area contributed by atoms with Crippen molar-refractivity contribution in [3.8, 4) is 0 Å². The third-order valence-electron chi connectivity index (χ3n) is 6.78. The molecule has 1 saturated carbocycles. The van der Waals surface area contributed by atoms with Crippen LogP contribution in [0.25, 0.3) is 0 Å². The molecule has 1 aliphatic carbocycles. The Balaban J connectivity index is 1.29. The maximum Gasteiger partial charge on any atom is 0.282 e. The lowest BCUT2D eigenvalue weighted by Gasteiger charge is -2.45. The van der Waals surface area contributed by atoms with Gasteiger partial charge in [0.15, 0.2) is 0 Å². The maximum absolute atomic E-state index is 13.1. The molecule has 3 heterocycles. The third kappa shape index (κ3) is 4.83. The number of hydrogen-bond acceptors (Lipinski definition) is 6. The van der Waals surface area contributed by atoms with Crippen molar-refractivity contribution in [1.29, 1.82) is 0 Å². The molecule has 0 aromatic rings. The maximum atomic E-state index is 13.1. The Labute approximate surface area is 180 Å². The van der Waals surface area contributed by atoms with Gasteiger partial charge in [-0.05, 0) is 26.7 Å². The number of nitrogens with zero attached hydrogens (tertiary/aromatic N) is 4. The molecule has 0 N–H and O–H groups in total. The van der Waals surface area contributed by atoms with Crippen LogP contribution in [0.5, 0.6) is 0 Å². The number of ether oxygens (including phenoxy) is 2. The molecule has 0 aromatic carbocycles. The van der Waals surface area contributed by atoms with Gasteiger partial charge < -0.3 is 14.4 Å². The third-order valence-corrected chi connectivity index (χ3v) is 8.75. The van der Waals surface area contributed by atoms with E-state index in [2.05, 4.69) is 4.90 Å². The average Bonchev–Trinajstić information content (AvgIpc) is 2.73. The Morgan fingerprint density at radius 1 is 0.933 bits per heavy atom. The van der Waals surface area contributed by atoms with E-state index < -0.39 is 10.2 Å². The Bertz CT molecular complexity index is 700. The first-order valence-corrected chi connectivity index (χ1v) is 12.8. The summed E-state index contributed by atoms with van der Waals surface area (Å²) < 4.78 is 40.8. The topological polar surface area (TPSA) is 82.6 Å². The molecule has 0 radical (unpaired) electrons. The average molecular weight is 445 g/mol. The molecule has 1 amide bonds. The van der Waals surface area contributed by atoms with Crippen molar-refractivity contribution in [3.63, 3.8) is 0 Å². The predicted molar refractivity (Wildman–Crippen MR) is 112 cm³/mol. The Kier molecular flexibility index (Phi) is 7.01. The zero-order valence-corrected chi connectivity index (χ0v) is 19.1. The lowest BCUT2D eigenvalue weighted by molar-refractivity contribution is -0.150. The van der Waals surface area contributed by atoms with Crippen molar-refractivity contribution in [3.05, 3.63) is 0 Å². The predicted octanol–water partition coefficient (Wildman–Crippen LogP) is 0.128. The largest absolute Gasteiger partial charge is 0.374 e. The highest BCUT2D eigenvalue weighted by atomic mass is 32.2. The SMILES string of the molecule is CC1CN(S(=O)(=O)N2CCN(CC(=O)N3CCOC4CCCCC43)CC2)CC(C)O1. The van der Waals surface area contributed by atoms with E-state index in [0.717, 1.165) is 19.3 Å². The summed E-state index contributed by atoms with van der Waals surface area (Å²) in [5, 5.41) is 0. The lowest BCUT2D eigenvalue weighted by atomic mass is 9.90. The van der Waals surface area contributed by atoms with E-state index >= 15 is 0 Å².